The number of fused-ring (bicyclic) bond motifs is 1. The molecule has 5 rings (SSSR count). The summed E-state index contributed by atoms with van der Waals surface area (Å²) < 4.78 is 12.2. The largest absolute Gasteiger partial charge is 0.465 e. The Labute approximate surface area is 266 Å². The van der Waals surface area contributed by atoms with Crippen molar-refractivity contribution in [2.24, 2.45) is 11.8 Å². The van der Waals surface area contributed by atoms with Gasteiger partial charge in [0.2, 0.25) is 5.91 Å². The van der Waals surface area contributed by atoms with Crippen LogP contribution >= 0.6 is 0 Å². The summed E-state index contributed by atoms with van der Waals surface area (Å²) in [6.45, 7) is 13.5. The average Bonchev–Trinajstić information content (AvgIpc) is 3.71. The first-order valence-electron chi connectivity index (χ1n) is 16.0. The molecule has 2 unspecified atom stereocenters. The molecule has 0 aromatic heterocycles. The maximum Gasteiger partial charge on any atom is 0.312 e. The van der Waals surface area contributed by atoms with Gasteiger partial charge in [-0.15, -0.1) is 13.2 Å². The minimum absolute atomic E-state index is 0.162. The molecule has 1 spiro atoms. The number of benzene rings is 2. The molecule has 2 aromatic carbocycles. The predicted octanol–water partition coefficient (Wildman–Crippen LogP) is 4.15. The second kappa shape index (κ2) is 14.0. The van der Waals surface area contributed by atoms with Crippen molar-refractivity contribution in [2.75, 3.05) is 42.6 Å². The van der Waals surface area contributed by atoms with E-state index >= 15 is 0 Å². The van der Waals surface area contributed by atoms with Crippen LogP contribution in [0.1, 0.15) is 38.7 Å². The Morgan fingerprint density at radius 1 is 1.09 bits per heavy atom. The second-order valence-electron chi connectivity index (χ2n) is 12.0. The molecule has 2 bridgehead atoms. The standard InChI is InChI=1S/C36H45N3O6/c1-5-9-22-44-35(43)30-29-19-20-36(45-29)31(30)33(41)39(28(24-40)23-25-13-11-10-12-14-25)32(36)34(42)38(21-6-2)27-17-15-26(16-18-27)37(7-3)8-4/h5-6,10-18,28-32,40H,1-2,7-9,19-24H2,3-4H3/t28-,29-,30+,31+,32?,36?/m1/s1. The molecule has 3 aliphatic heterocycles. The van der Waals surface area contributed by atoms with Crippen molar-refractivity contribution in [1.82, 2.24) is 4.90 Å². The number of nitrogens with zero attached hydrogens (tertiary/aromatic N) is 3. The molecule has 240 valence electrons. The molecule has 6 atom stereocenters. The fraction of sp³-hybridized carbons (Fsp3) is 0.472. The van der Waals surface area contributed by atoms with Gasteiger partial charge in [0, 0.05) is 31.0 Å². The van der Waals surface area contributed by atoms with Gasteiger partial charge >= 0.3 is 5.97 Å². The fourth-order valence-corrected chi connectivity index (χ4v) is 7.54. The van der Waals surface area contributed by atoms with Crippen LogP contribution in [-0.4, -0.2) is 84.4 Å². The van der Waals surface area contributed by atoms with E-state index in [-0.39, 0.29) is 31.6 Å². The van der Waals surface area contributed by atoms with Crippen molar-refractivity contribution in [3.05, 3.63) is 85.5 Å². The highest BCUT2D eigenvalue weighted by atomic mass is 16.6. The third kappa shape index (κ3) is 5.91. The summed E-state index contributed by atoms with van der Waals surface area (Å²) in [7, 11) is 0. The maximum atomic E-state index is 14.9. The molecule has 2 amide bonds. The van der Waals surface area contributed by atoms with Crippen molar-refractivity contribution in [3.8, 4) is 0 Å². The smallest absolute Gasteiger partial charge is 0.312 e. The Kier molecular flexibility index (Phi) is 10.1. The predicted molar refractivity (Wildman–Crippen MR) is 174 cm³/mol. The first-order valence-corrected chi connectivity index (χ1v) is 16.0. The summed E-state index contributed by atoms with van der Waals surface area (Å²) in [6.07, 6.45) is 4.63. The van der Waals surface area contributed by atoms with Gasteiger partial charge in [0.1, 0.15) is 11.6 Å². The molecule has 9 heteroatoms. The zero-order valence-electron chi connectivity index (χ0n) is 26.3. The Bertz CT molecular complexity index is 1380. The van der Waals surface area contributed by atoms with Crippen LogP contribution < -0.4 is 9.80 Å². The zero-order valence-corrected chi connectivity index (χ0v) is 26.3. The minimum Gasteiger partial charge on any atom is -0.465 e. The molecule has 45 heavy (non-hydrogen) atoms. The average molecular weight is 616 g/mol. The van der Waals surface area contributed by atoms with E-state index in [9.17, 15) is 19.5 Å². The van der Waals surface area contributed by atoms with Crippen LogP contribution in [0.5, 0.6) is 0 Å². The van der Waals surface area contributed by atoms with E-state index in [4.69, 9.17) is 9.47 Å². The van der Waals surface area contributed by atoms with Crippen LogP contribution in [0.2, 0.25) is 0 Å². The number of aliphatic hydroxyl groups excluding tert-OH is 1. The number of carbonyl (C=O) groups is 3. The van der Waals surface area contributed by atoms with Crippen LogP contribution in [0.4, 0.5) is 11.4 Å². The van der Waals surface area contributed by atoms with Gasteiger partial charge in [-0.25, -0.2) is 0 Å². The van der Waals surface area contributed by atoms with Crippen LogP contribution in [0.15, 0.2) is 79.9 Å². The zero-order chi connectivity index (χ0) is 32.1. The van der Waals surface area contributed by atoms with Crippen LogP contribution in [0.3, 0.4) is 0 Å². The number of carbonyl (C=O) groups excluding carboxylic acids is 3. The Morgan fingerprint density at radius 2 is 1.78 bits per heavy atom. The second-order valence-corrected chi connectivity index (χ2v) is 12.0. The van der Waals surface area contributed by atoms with Crippen molar-refractivity contribution in [1.29, 1.82) is 0 Å². The molecule has 0 aliphatic carbocycles. The van der Waals surface area contributed by atoms with E-state index < -0.39 is 41.6 Å². The minimum atomic E-state index is -1.22. The van der Waals surface area contributed by atoms with Gasteiger partial charge in [0.05, 0.1) is 37.2 Å². The summed E-state index contributed by atoms with van der Waals surface area (Å²) in [5.41, 5.74) is 1.42. The Balaban J connectivity index is 1.55. The molecule has 0 radical (unpaired) electrons. The van der Waals surface area contributed by atoms with Crippen LogP contribution in [-0.2, 0) is 30.3 Å². The summed E-state index contributed by atoms with van der Waals surface area (Å²) in [5, 5.41) is 10.7. The highest BCUT2D eigenvalue weighted by Crippen LogP contribution is 2.59. The third-order valence-corrected chi connectivity index (χ3v) is 9.60. The van der Waals surface area contributed by atoms with Gasteiger partial charge in [-0.1, -0.05) is 42.5 Å². The van der Waals surface area contributed by atoms with Crippen molar-refractivity contribution in [2.45, 2.75) is 63.3 Å². The third-order valence-electron chi connectivity index (χ3n) is 9.60. The van der Waals surface area contributed by atoms with Crippen molar-refractivity contribution >= 4 is 29.2 Å². The number of hydrogen-bond donors (Lipinski definition) is 1. The van der Waals surface area contributed by atoms with Gasteiger partial charge in [-0.3, -0.25) is 14.4 Å². The van der Waals surface area contributed by atoms with Crippen LogP contribution in [0.25, 0.3) is 0 Å². The van der Waals surface area contributed by atoms with Crippen molar-refractivity contribution < 1.29 is 29.0 Å². The van der Waals surface area contributed by atoms with Gasteiger partial charge in [-0.2, -0.15) is 0 Å². The molecular formula is C36H45N3O6. The summed E-state index contributed by atoms with van der Waals surface area (Å²) >= 11 is 0. The monoisotopic (exact) mass is 615 g/mol. The molecule has 0 saturated carbocycles. The van der Waals surface area contributed by atoms with Gasteiger partial charge in [0.25, 0.3) is 5.91 Å². The lowest BCUT2D eigenvalue weighted by Gasteiger charge is -2.39. The van der Waals surface area contributed by atoms with Gasteiger partial charge < -0.3 is 29.3 Å². The number of rotatable bonds is 15. The number of aliphatic hydroxyl groups is 1. The lowest BCUT2D eigenvalue weighted by atomic mass is 9.70. The Morgan fingerprint density at radius 3 is 2.40 bits per heavy atom. The lowest BCUT2D eigenvalue weighted by molar-refractivity contribution is -0.155. The molecular weight excluding hydrogens is 570 g/mol. The normalized spacial score (nSPS) is 25.5. The number of ether oxygens (including phenoxy) is 2. The number of likely N-dealkylation sites (tertiary alicyclic amines) is 1. The van der Waals surface area contributed by atoms with E-state index in [2.05, 4.69) is 31.9 Å². The van der Waals surface area contributed by atoms with E-state index in [1.54, 1.807) is 17.1 Å². The summed E-state index contributed by atoms with van der Waals surface area (Å²) in [5.74, 6) is -2.88. The van der Waals surface area contributed by atoms with E-state index in [1.165, 1.54) is 4.90 Å². The van der Waals surface area contributed by atoms with Crippen molar-refractivity contribution in [3.63, 3.8) is 0 Å². The van der Waals surface area contributed by atoms with Crippen LogP contribution in [0, 0.1) is 11.8 Å². The summed E-state index contributed by atoms with van der Waals surface area (Å²) in [6, 6.07) is 15.6. The highest BCUT2D eigenvalue weighted by Gasteiger charge is 2.75. The number of hydrogen-bond acceptors (Lipinski definition) is 7. The first kappa shape index (κ1) is 32.4. The topological polar surface area (TPSA) is 99.6 Å². The number of anilines is 2. The highest BCUT2D eigenvalue weighted by molar-refractivity contribution is 6.05. The van der Waals surface area contributed by atoms with Gasteiger partial charge in [0.15, 0.2) is 0 Å². The molecule has 3 aliphatic rings. The number of esters is 1. The summed E-state index contributed by atoms with van der Waals surface area (Å²) in [4.78, 5) is 48.2. The number of amides is 2. The molecule has 3 fully saturated rings. The Hall–Kier alpha value is -3.95. The molecule has 3 heterocycles. The van der Waals surface area contributed by atoms with E-state index in [1.807, 2.05) is 54.6 Å². The fourth-order valence-electron chi connectivity index (χ4n) is 7.54. The lowest BCUT2D eigenvalue weighted by Crippen LogP contribution is -2.59. The molecule has 3 saturated heterocycles. The van der Waals surface area contributed by atoms with E-state index in [0.717, 1.165) is 24.3 Å². The quantitative estimate of drug-likeness (QED) is 0.183. The van der Waals surface area contributed by atoms with Gasteiger partial charge in [-0.05, 0) is 69.4 Å². The molecule has 1 N–H and O–H groups in total. The van der Waals surface area contributed by atoms with E-state index in [0.29, 0.717) is 31.4 Å². The SMILES string of the molecule is C=CCCOC(=O)[C@@H]1[C@H]2C(=O)N([C@@H](CO)Cc3ccccc3)C(C(=O)N(CC=C)c3ccc(N(CC)CC)cc3)C23CC[C@H]1O3. The molecule has 2 aromatic rings. The molecule has 9 nitrogen and oxygen atoms in total. The maximum absolute atomic E-state index is 14.9. The first-order chi connectivity index (χ1) is 21.8.